The molecule has 20 heavy (non-hydrogen) atoms. The molecule has 1 aromatic carbocycles. The molecule has 0 saturated carbocycles. The number of hydrogen-bond donors (Lipinski definition) is 1. The Labute approximate surface area is 132 Å². The molecule has 2 rings (SSSR count). The van der Waals surface area contributed by atoms with Crippen molar-refractivity contribution in [2.75, 3.05) is 20.8 Å². The number of thiophene rings is 1. The lowest BCUT2D eigenvalue weighted by Gasteiger charge is -2.14. The summed E-state index contributed by atoms with van der Waals surface area (Å²) in [6, 6.07) is 8.24. The van der Waals surface area contributed by atoms with E-state index in [1.165, 1.54) is 4.88 Å². The first-order chi connectivity index (χ1) is 9.74. The number of methoxy groups -OCH3 is 1. The standard InChI is InChI=1S/C15H18BrNO2S/c1-17-10-11-8-13(16)15(14(9-11)18-2)19-6-5-12-4-3-7-20-12/h3-4,7-9,17H,5-6,10H2,1-2H3. The Kier molecular flexibility index (Phi) is 5.88. The lowest BCUT2D eigenvalue weighted by atomic mass is 10.2. The summed E-state index contributed by atoms with van der Waals surface area (Å²) in [6.45, 7) is 1.44. The van der Waals surface area contributed by atoms with Crippen molar-refractivity contribution in [2.45, 2.75) is 13.0 Å². The van der Waals surface area contributed by atoms with Crippen molar-refractivity contribution in [3.05, 3.63) is 44.6 Å². The molecular weight excluding hydrogens is 338 g/mol. The Morgan fingerprint density at radius 2 is 2.20 bits per heavy atom. The first kappa shape index (κ1) is 15.4. The van der Waals surface area contributed by atoms with Crippen LogP contribution in [0.25, 0.3) is 0 Å². The molecule has 0 saturated heterocycles. The third-order valence-electron chi connectivity index (χ3n) is 2.85. The summed E-state index contributed by atoms with van der Waals surface area (Å²) in [5.74, 6) is 1.53. The molecule has 0 radical (unpaired) electrons. The minimum Gasteiger partial charge on any atom is -0.493 e. The molecule has 0 spiro atoms. The molecule has 3 nitrogen and oxygen atoms in total. The number of rotatable bonds is 7. The van der Waals surface area contributed by atoms with Crippen molar-refractivity contribution in [1.82, 2.24) is 5.32 Å². The van der Waals surface area contributed by atoms with Gasteiger partial charge < -0.3 is 14.8 Å². The molecule has 1 N–H and O–H groups in total. The highest BCUT2D eigenvalue weighted by atomic mass is 79.9. The van der Waals surface area contributed by atoms with Gasteiger partial charge in [-0.1, -0.05) is 6.07 Å². The Balaban J connectivity index is 2.06. The van der Waals surface area contributed by atoms with E-state index in [9.17, 15) is 0 Å². The van der Waals surface area contributed by atoms with E-state index < -0.39 is 0 Å². The molecule has 0 aliphatic carbocycles. The predicted octanol–water partition coefficient (Wildman–Crippen LogP) is 3.86. The van der Waals surface area contributed by atoms with E-state index in [1.54, 1.807) is 18.4 Å². The highest BCUT2D eigenvalue weighted by molar-refractivity contribution is 9.10. The lowest BCUT2D eigenvalue weighted by molar-refractivity contribution is 0.296. The molecule has 108 valence electrons. The fourth-order valence-corrected chi connectivity index (χ4v) is 3.22. The van der Waals surface area contributed by atoms with Crippen molar-refractivity contribution in [1.29, 1.82) is 0 Å². The maximum Gasteiger partial charge on any atom is 0.175 e. The Hall–Kier alpha value is -1.04. The number of hydrogen-bond acceptors (Lipinski definition) is 4. The molecule has 5 heteroatoms. The minimum atomic E-state index is 0.640. The highest BCUT2D eigenvalue weighted by Crippen LogP contribution is 2.36. The number of ether oxygens (including phenoxy) is 2. The van der Waals surface area contributed by atoms with Crippen LogP contribution in [0.4, 0.5) is 0 Å². The monoisotopic (exact) mass is 355 g/mol. The number of benzene rings is 1. The molecule has 1 aromatic heterocycles. The first-order valence-corrected chi connectivity index (χ1v) is 8.08. The fraction of sp³-hybridized carbons (Fsp3) is 0.333. The van der Waals surface area contributed by atoms with Crippen LogP contribution in [-0.2, 0) is 13.0 Å². The van der Waals surface area contributed by atoms with Gasteiger partial charge in [-0.15, -0.1) is 11.3 Å². The topological polar surface area (TPSA) is 30.5 Å². The van der Waals surface area contributed by atoms with Gasteiger partial charge in [0.15, 0.2) is 11.5 Å². The van der Waals surface area contributed by atoms with Gasteiger partial charge in [0.1, 0.15) is 0 Å². The second-order valence-corrected chi connectivity index (χ2v) is 6.20. The second-order valence-electron chi connectivity index (χ2n) is 4.32. The molecule has 0 unspecified atom stereocenters. The molecule has 0 aliphatic heterocycles. The zero-order chi connectivity index (χ0) is 14.4. The maximum atomic E-state index is 5.88. The van der Waals surface area contributed by atoms with Gasteiger partial charge in [0.25, 0.3) is 0 Å². The van der Waals surface area contributed by atoms with Gasteiger partial charge >= 0.3 is 0 Å². The van der Waals surface area contributed by atoms with E-state index in [-0.39, 0.29) is 0 Å². The summed E-state index contributed by atoms with van der Waals surface area (Å²) in [6.07, 6.45) is 0.908. The number of halogens is 1. The zero-order valence-corrected chi connectivity index (χ0v) is 14.0. The van der Waals surface area contributed by atoms with Crippen LogP contribution >= 0.6 is 27.3 Å². The molecule has 2 aromatic rings. The van der Waals surface area contributed by atoms with Crippen LogP contribution in [0.2, 0.25) is 0 Å². The van der Waals surface area contributed by atoms with Crippen LogP contribution in [0.15, 0.2) is 34.1 Å². The van der Waals surface area contributed by atoms with Crippen LogP contribution in [0, 0.1) is 0 Å². The smallest absolute Gasteiger partial charge is 0.175 e. The number of nitrogens with one attached hydrogen (secondary N) is 1. The fourth-order valence-electron chi connectivity index (χ4n) is 1.93. The Morgan fingerprint density at radius 1 is 1.35 bits per heavy atom. The molecule has 0 atom stereocenters. The van der Waals surface area contributed by atoms with Gasteiger partial charge in [-0.2, -0.15) is 0 Å². The SMILES string of the molecule is CNCc1cc(Br)c(OCCc2cccs2)c(OC)c1. The normalized spacial score (nSPS) is 10.6. The van der Waals surface area contributed by atoms with Gasteiger partial charge in [-0.3, -0.25) is 0 Å². The lowest BCUT2D eigenvalue weighted by Crippen LogP contribution is -2.07. The molecule has 0 bridgehead atoms. The minimum absolute atomic E-state index is 0.640. The van der Waals surface area contributed by atoms with Gasteiger partial charge in [0, 0.05) is 17.8 Å². The van der Waals surface area contributed by atoms with Crippen molar-refractivity contribution < 1.29 is 9.47 Å². The third-order valence-corrected chi connectivity index (χ3v) is 4.37. The summed E-state index contributed by atoms with van der Waals surface area (Å²) in [5, 5.41) is 5.21. The summed E-state index contributed by atoms with van der Waals surface area (Å²) in [5.41, 5.74) is 1.15. The van der Waals surface area contributed by atoms with Gasteiger partial charge in [0.05, 0.1) is 18.2 Å². The van der Waals surface area contributed by atoms with Crippen LogP contribution in [0.1, 0.15) is 10.4 Å². The van der Waals surface area contributed by atoms with Crippen LogP contribution in [0.5, 0.6) is 11.5 Å². The van der Waals surface area contributed by atoms with Crippen LogP contribution < -0.4 is 14.8 Å². The summed E-state index contributed by atoms with van der Waals surface area (Å²) in [4.78, 5) is 1.33. The molecular formula is C15H18BrNO2S. The van der Waals surface area contributed by atoms with Gasteiger partial charge in [0.2, 0.25) is 0 Å². The third kappa shape index (κ3) is 3.98. The second kappa shape index (κ2) is 7.67. The van der Waals surface area contributed by atoms with Gasteiger partial charge in [-0.25, -0.2) is 0 Å². The average Bonchev–Trinajstić information content (AvgIpc) is 2.94. The zero-order valence-electron chi connectivity index (χ0n) is 11.6. The van der Waals surface area contributed by atoms with Crippen molar-refractivity contribution in [3.8, 4) is 11.5 Å². The van der Waals surface area contributed by atoms with E-state index in [1.807, 2.05) is 13.1 Å². The predicted molar refractivity (Wildman–Crippen MR) is 87.0 cm³/mol. The van der Waals surface area contributed by atoms with E-state index >= 15 is 0 Å². The quantitative estimate of drug-likeness (QED) is 0.817. The van der Waals surface area contributed by atoms with E-state index in [0.29, 0.717) is 6.61 Å². The highest BCUT2D eigenvalue weighted by Gasteiger charge is 2.11. The molecule has 0 amide bonds. The maximum absolute atomic E-state index is 5.88. The largest absolute Gasteiger partial charge is 0.493 e. The van der Waals surface area contributed by atoms with Crippen LogP contribution in [-0.4, -0.2) is 20.8 Å². The van der Waals surface area contributed by atoms with Crippen LogP contribution in [0.3, 0.4) is 0 Å². The first-order valence-electron chi connectivity index (χ1n) is 6.40. The van der Waals surface area contributed by atoms with E-state index in [4.69, 9.17) is 9.47 Å². The van der Waals surface area contributed by atoms with Gasteiger partial charge in [-0.05, 0) is 52.1 Å². The molecule has 1 heterocycles. The summed E-state index contributed by atoms with van der Waals surface area (Å²) < 4.78 is 12.2. The van der Waals surface area contributed by atoms with E-state index in [0.717, 1.165) is 34.5 Å². The van der Waals surface area contributed by atoms with Crippen molar-refractivity contribution >= 4 is 27.3 Å². The van der Waals surface area contributed by atoms with E-state index in [2.05, 4.69) is 44.8 Å². The summed E-state index contributed by atoms with van der Waals surface area (Å²) >= 11 is 5.31. The summed E-state index contributed by atoms with van der Waals surface area (Å²) in [7, 11) is 3.59. The van der Waals surface area contributed by atoms with Crippen molar-refractivity contribution in [2.24, 2.45) is 0 Å². The molecule has 0 fully saturated rings. The Bertz CT molecular complexity index is 543. The van der Waals surface area contributed by atoms with Crippen molar-refractivity contribution in [3.63, 3.8) is 0 Å². The Morgan fingerprint density at radius 3 is 2.85 bits per heavy atom. The average molecular weight is 356 g/mol. The molecule has 0 aliphatic rings.